The van der Waals surface area contributed by atoms with Gasteiger partial charge in [-0.2, -0.15) is 42.1 Å². The smallest absolute Gasteiger partial charge is 0.425 e. The standard InChI is InChI=1S/C43H37ClN10O16S6.CH4O3S.O3S/c1-21-36(40(45)56)41-46-27-6-2-3-7-32(27)54(41)42(57)37(21)52-50-30-17-26(44)29(18-33(30)70-10-4-12-73(58,59)60)49-51-31-14-23(20-55)28(19-34(31)71-11-5-13-74(61,62)63)48-53-43-47-38-35(76(67,68)69)15-22-8-9-24(75(64,65)66)16-25(22)39(38)72-43;1-5(2,3)4;1-4(2)3/h2-3,6-9,14-19,55,57H,4-5,10-13,20H2,1H3,(H2,45,56)(H,58,59,60)(H,61,62,63)(H,64,65,66)(H,67,68,69);1H3,(H,2,3,4);. The van der Waals surface area contributed by atoms with Gasteiger partial charge in [0.1, 0.15) is 33.2 Å². The molecule has 0 radical (unpaired) electrons. The van der Waals surface area contributed by atoms with E-state index in [4.69, 9.17) is 39.3 Å². The lowest BCUT2D eigenvalue weighted by Gasteiger charge is -2.12. The fraction of sp³-hybridized carbons (Fsp3) is 0.205. The first-order valence-electron chi connectivity index (χ1n) is 22.9. The summed E-state index contributed by atoms with van der Waals surface area (Å²) in [5.74, 6) is -2.66. The molecule has 0 spiro atoms. The molecule has 0 aliphatic carbocycles. The van der Waals surface area contributed by atoms with Gasteiger partial charge in [-0.3, -0.25) is 32.0 Å². The van der Waals surface area contributed by atoms with E-state index in [9.17, 15) is 75.3 Å². The number of para-hydroxylation sites is 2. The maximum Gasteiger partial charge on any atom is 0.425 e. The van der Waals surface area contributed by atoms with Crippen LogP contribution in [0.25, 0.3) is 37.7 Å². The van der Waals surface area contributed by atoms with E-state index in [1.165, 1.54) is 41.7 Å². The number of imidazole rings is 1. The van der Waals surface area contributed by atoms with Gasteiger partial charge in [0.15, 0.2) is 5.65 Å². The Balaban J connectivity index is 0.00000120. The van der Waals surface area contributed by atoms with E-state index in [0.29, 0.717) is 17.3 Å². The molecule has 8 rings (SSSR count). The summed E-state index contributed by atoms with van der Waals surface area (Å²) < 4.78 is 192. The molecule has 0 saturated heterocycles. The van der Waals surface area contributed by atoms with Gasteiger partial charge < -0.3 is 20.7 Å². The molecule has 0 atom stereocenters. The van der Waals surface area contributed by atoms with Crippen molar-refractivity contribution in [2.24, 2.45) is 36.4 Å². The fourth-order valence-corrected chi connectivity index (χ4v) is 12.0. The summed E-state index contributed by atoms with van der Waals surface area (Å²) in [5.41, 5.74) is 6.17. The van der Waals surface area contributed by atoms with Gasteiger partial charge in [-0.25, -0.2) is 9.97 Å². The number of nitrogens with two attached hydrogens (primary N) is 1. The zero-order chi connectivity index (χ0) is 63.1. The number of amides is 1. The van der Waals surface area contributed by atoms with Crippen LogP contribution in [0.1, 0.15) is 34.3 Å². The second kappa shape index (κ2) is 27.0. The monoisotopic (exact) mass is 1350 g/mol. The second-order valence-electron chi connectivity index (χ2n) is 17.1. The number of hydrogen-bond acceptors (Lipinski definition) is 27. The van der Waals surface area contributed by atoms with Crippen molar-refractivity contribution in [3.05, 3.63) is 94.5 Å². The fourth-order valence-electron chi connectivity index (χ4n) is 7.48. The zero-order valence-electron chi connectivity index (χ0n) is 42.9. The summed E-state index contributed by atoms with van der Waals surface area (Å²) in [6, 6.07) is 16.4. The maximum absolute atomic E-state index is 12.8. The molecule has 5 aromatic carbocycles. The lowest BCUT2D eigenvalue weighted by Crippen LogP contribution is -2.15. The predicted octanol–water partition coefficient (Wildman–Crippen LogP) is 7.78. The number of rotatable bonds is 20. The molecule has 85 heavy (non-hydrogen) atoms. The first-order valence-corrected chi connectivity index (χ1v) is 34.0. The van der Waals surface area contributed by atoms with Crippen molar-refractivity contribution >= 4 is 173 Å². The summed E-state index contributed by atoms with van der Waals surface area (Å²) in [5, 5.41) is 47.5. The Morgan fingerprint density at radius 3 is 1.99 bits per heavy atom. The van der Waals surface area contributed by atoms with Crippen LogP contribution in [0.5, 0.6) is 11.6 Å². The quantitative estimate of drug-likeness (QED) is 0.0156. The number of azo groups is 3. The molecule has 0 aliphatic heterocycles. The summed E-state index contributed by atoms with van der Waals surface area (Å²) in [6.07, 6.45) is 0.459. The third-order valence-electron chi connectivity index (χ3n) is 10.9. The van der Waals surface area contributed by atoms with Crippen molar-refractivity contribution in [2.75, 3.05) is 30.1 Å². The molecule has 0 unspecified atom stereocenters. The van der Waals surface area contributed by atoms with Crippen LogP contribution in [0, 0.1) is 6.92 Å². The van der Waals surface area contributed by atoms with Crippen molar-refractivity contribution in [1.82, 2.24) is 14.4 Å². The molecule has 3 heterocycles. The Hall–Kier alpha value is -7.16. The Labute approximate surface area is 495 Å². The number of fused-ring (bicyclic) bond motifs is 6. The number of ether oxygens (including phenoxy) is 1. The molecule has 32 nitrogen and oxygen atoms in total. The summed E-state index contributed by atoms with van der Waals surface area (Å²) in [7, 11) is -25.1. The third-order valence-corrected chi connectivity index (χ3v) is 16.6. The summed E-state index contributed by atoms with van der Waals surface area (Å²) in [4.78, 5) is 20.5. The summed E-state index contributed by atoms with van der Waals surface area (Å²) >= 11 is 8.51. The van der Waals surface area contributed by atoms with Crippen molar-refractivity contribution in [1.29, 1.82) is 0 Å². The van der Waals surface area contributed by atoms with E-state index < -0.39 is 101 Å². The average Bonchev–Trinajstić information content (AvgIpc) is 1.99. The Morgan fingerprint density at radius 2 is 1.38 bits per heavy atom. The first kappa shape index (κ1) is 67.0. The van der Waals surface area contributed by atoms with Gasteiger partial charge >= 0.3 is 10.6 Å². The van der Waals surface area contributed by atoms with E-state index in [0.717, 1.165) is 41.3 Å². The number of carbonyl (C=O) groups is 1. The number of halogens is 1. The highest BCUT2D eigenvalue weighted by molar-refractivity contribution is 7.99. The van der Waals surface area contributed by atoms with E-state index >= 15 is 0 Å². The third kappa shape index (κ3) is 18.2. The highest BCUT2D eigenvalue weighted by Gasteiger charge is 2.25. The number of aliphatic hydroxyl groups excluding tert-OH is 1. The van der Waals surface area contributed by atoms with E-state index in [2.05, 4.69) is 40.7 Å². The summed E-state index contributed by atoms with van der Waals surface area (Å²) in [6.45, 7) is 0.467. The number of aliphatic hydroxyl groups is 1. The normalized spacial score (nSPS) is 12.6. The number of hydrogen-bond donors (Lipinski definition) is 8. The number of pyridine rings is 1. The van der Waals surface area contributed by atoms with Gasteiger partial charge in [0.2, 0.25) is 11.0 Å². The molecule has 8 aromatic rings. The minimum atomic E-state index is -4.91. The Morgan fingerprint density at radius 1 is 0.765 bits per heavy atom. The maximum atomic E-state index is 12.8. The predicted molar refractivity (Wildman–Crippen MR) is 306 cm³/mol. The molecule has 0 aliphatic rings. The molecular weight excluding hydrogens is 1310 g/mol. The molecule has 454 valence electrons. The van der Waals surface area contributed by atoms with Gasteiger partial charge in [0.25, 0.3) is 56.5 Å². The number of nitrogens with zero attached hydrogens (tertiary/aromatic N) is 9. The zero-order valence-corrected chi connectivity index (χ0v) is 50.2. The lowest BCUT2D eigenvalue weighted by atomic mass is 10.1. The lowest BCUT2D eigenvalue weighted by molar-refractivity contribution is 0.100. The molecule has 9 N–H and O–H groups in total. The van der Waals surface area contributed by atoms with Crippen LogP contribution in [-0.4, -0.2) is 138 Å². The molecule has 3 aromatic heterocycles. The van der Waals surface area contributed by atoms with Crippen LogP contribution in [0.4, 0.5) is 33.6 Å². The van der Waals surface area contributed by atoms with Gasteiger partial charge in [-0.05, 0) is 85.0 Å². The van der Waals surface area contributed by atoms with Crippen LogP contribution in [0.2, 0.25) is 5.02 Å². The van der Waals surface area contributed by atoms with E-state index in [1.807, 2.05) is 0 Å². The van der Waals surface area contributed by atoms with Gasteiger partial charge in [-0.15, -0.1) is 55.1 Å². The van der Waals surface area contributed by atoms with E-state index in [1.54, 1.807) is 24.3 Å². The molecule has 0 fully saturated rings. The minimum Gasteiger partial charge on any atom is -0.493 e. The first-order chi connectivity index (χ1) is 39.4. The van der Waals surface area contributed by atoms with Crippen molar-refractivity contribution in [2.45, 2.75) is 41.1 Å². The van der Waals surface area contributed by atoms with Crippen LogP contribution in [-0.2, 0) is 67.8 Å². The number of benzene rings is 5. The highest BCUT2D eigenvalue weighted by atomic mass is 35.5. The number of primary amides is 1. The van der Waals surface area contributed by atoms with Crippen molar-refractivity contribution < 1.29 is 97.2 Å². The van der Waals surface area contributed by atoms with Crippen LogP contribution in [0.15, 0.2) is 118 Å². The van der Waals surface area contributed by atoms with E-state index in [-0.39, 0.29) is 118 Å². The molecule has 0 bridgehead atoms. The number of carbonyl (C=O) groups excluding carboxylic acids is 1. The van der Waals surface area contributed by atoms with Crippen LogP contribution >= 0.6 is 34.7 Å². The number of aromatic hydroxyl groups is 1. The Bertz CT molecular complexity index is 4780. The average molecular weight is 1350 g/mol. The second-order valence-corrected chi connectivity index (χ2v) is 27.4. The van der Waals surface area contributed by atoms with Crippen LogP contribution in [0.3, 0.4) is 0 Å². The number of thiazole rings is 1. The van der Waals surface area contributed by atoms with Gasteiger partial charge in [0.05, 0.1) is 73.6 Å². The molecular formula is C44H41ClN10O22S8. The number of thioether (sulfide) groups is 1. The number of aromatic nitrogens is 3. The Kier molecular flexibility index (Phi) is 21.3. The minimum absolute atomic E-state index is 0.00979. The molecule has 0 saturated carbocycles. The van der Waals surface area contributed by atoms with Crippen LogP contribution < -0.4 is 10.5 Å². The van der Waals surface area contributed by atoms with Crippen molar-refractivity contribution in [3.63, 3.8) is 0 Å². The largest absolute Gasteiger partial charge is 0.493 e. The topological polar surface area (TPSA) is 520 Å². The van der Waals surface area contributed by atoms with Crippen molar-refractivity contribution in [3.8, 4) is 11.6 Å². The molecule has 41 heteroatoms. The highest BCUT2D eigenvalue weighted by Crippen LogP contribution is 2.45. The molecule has 1 amide bonds. The van der Waals surface area contributed by atoms with Gasteiger partial charge in [-0.1, -0.05) is 41.1 Å². The SMILES string of the molecule is CS(=O)(=O)O.Cc1c(N=Nc2cc(Cl)c(N=Nc3cc(CO)c(N=Nc4nc5c(S(=O)(=O)O)cc6ccc(S(=O)(=O)O)cc6c5s4)cc3SCCCS(=O)(=O)O)cc2OCCCS(=O)(=O)O)c(O)n2c(nc3ccccc32)c1C(N)=O.O=S(=O)=O. The van der Waals surface area contributed by atoms with Gasteiger partial charge in [0, 0.05) is 21.9 Å².